The summed E-state index contributed by atoms with van der Waals surface area (Å²) >= 11 is 0. The minimum atomic E-state index is 0.161. The maximum Gasteiger partial charge on any atom is 0.113 e. The molecule has 0 aromatic rings. The Balaban J connectivity index is 1.36. The Labute approximate surface area is 170 Å². The fourth-order valence-electron chi connectivity index (χ4n) is 5.75. The zero-order valence-corrected chi connectivity index (χ0v) is 18.1. The van der Waals surface area contributed by atoms with E-state index in [1.54, 1.807) is 0 Å². The van der Waals surface area contributed by atoms with Crippen LogP contribution in [0.2, 0.25) is 0 Å². The first-order chi connectivity index (χ1) is 13.6. The van der Waals surface area contributed by atoms with Crippen LogP contribution in [0.5, 0.6) is 0 Å². The summed E-state index contributed by atoms with van der Waals surface area (Å²) in [6.45, 7) is 5.82. The summed E-state index contributed by atoms with van der Waals surface area (Å²) < 4.78 is 5.92. The highest BCUT2D eigenvalue weighted by atomic mass is 16.5. The molecule has 0 aromatic heterocycles. The van der Waals surface area contributed by atoms with Gasteiger partial charge in [0.2, 0.25) is 0 Å². The van der Waals surface area contributed by atoms with Crippen molar-refractivity contribution < 1.29 is 4.74 Å². The Hall–Kier alpha value is -0.320. The van der Waals surface area contributed by atoms with E-state index in [1.807, 2.05) is 14.2 Å². The molecule has 0 bridgehead atoms. The lowest BCUT2D eigenvalue weighted by atomic mass is 9.87. The number of nitrogens with one attached hydrogen (secondary N) is 5. The van der Waals surface area contributed by atoms with Gasteiger partial charge in [0.1, 0.15) is 6.29 Å². The van der Waals surface area contributed by atoms with Crippen molar-refractivity contribution in [1.29, 1.82) is 0 Å². The molecule has 8 heteroatoms. The first-order valence-corrected chi connectivity index (χ1v) is 11.2. The van der Waals surface area contributed by atoms with Gasteiger partial charge in [-0.15, -0.1) is 0 Å². The van der Waals surface area contributed by atoms with Crippen LogP contribution in [0.3, 0.4) is 0 Å². The molecule has 3 saturated heterocycles. The third-order valence-corrected chi connectivity index (χ3v) is 7.32. The molecule has 8 unspecified atom stereocenters. The third kappa shape index (κ3) is 4.70. The van der Waals surface area contributed by atoms with Crippen LogP contribution < -0.4 is 26.7 Å². The minimum absolute atomic E-state index is 0.161. The second kappa shape index (κ2) is 9.22. The van der Waals surface area contributed by atoms with Gasteiger partial charge in [0.05, 0.1) is 18.3 Å². The van der Waals surface area contributed by atoms with Crippen molar-refractivity contribution in [3.8, 4) is 0 Å². The molecule has 0 spiro atoms. The van der Waals surface area contributed by atoms with E-state index in [2.05, 4.69) is 50.6 Å². The fraction of sp³-hybridized carbons (Fsp3) is 1.00. The number of ether oxygens (including phenoxy) is 1. The summed E-state index contributed by atoms with van der Waals surface area (Å²) in [6, 6.07) is 2.08. The van der Waals surface area contributed by atoms with Crippen molar-refractivity contribution >= 4 is 0 Å². The monoisotopic (exact) mass is 395 g/mol. The van der Waals surface area contributed by atoms with Crippen molar-refractivity contribution in [3.05, 3.63) is 0 Å². The highest BCUT2D eigenvalue weighted by Gasteiger charge is 2.43. The van der Waals surface area contributed by atoms with E-state index >= 15 is 0 Å². The molecule has 0 radical (unpaired) electrons. The molecule has 1 aliphatic carbocycles. The van der Waals surface area contributed by atoms with Crippen LogP contribution >= 0.6 is 0 Å². The standard InChI is InChI=1S/C20H41N7O/c1-13-9-19(21-2)24-20(22-13)23-15-5-6-18(28-4)17(10-15)27-12-14-11-26(3)8-7-16(14)25-27/h13-25H,5-12H2,1-4H3. The lowest BCUT2D eigenvalue weighted by molar-refractivity contribution is -0.0315. The smallest absolute Gasteiger partial charge is 0.113 e. The summed E-state index contributed by atoms with van der Waals surface area (Å²) in [5.41, 5.74) is 3.85. The first-order valence-electron chi connectivity index (χ1n) is 11.2. The van der Waals surface area contributed by atoms with Gasteiger partial charge < -0.3 is 15.0 Å². The molecule has 1 saturated carbocycles. The average Bonchev–Trinajstić information content (AvgIpc) is 3.10. The molecule has 162 valence electrons. The average molecular weight is 396 g/mol. The summed E-state index contributed by atoms with van der Waals surface area (Å²) in [5, 5.41) is 17.0. The van der Waals surface area contributed by atoms with Crippen LogP contribution in [0.4, 0.5) is 0 Å². The van der Waals surface area contributed by atoms with Crippen molar-refractivity contribution in [1.82, 2.24) is 36.6 Å². The quantitative estimate of drug-likeness (QED) is 0.425. The summed E-state index contributed by atoms with van der Waals surface area (Å²) in [4.78, 5) is 2.48. The molecule has 28 heavy (non-hydrogen) atoms. The molecule has 8 atom stereocenters. The Kier molecular flexibility index (Phi) is 6.89. The van der Waals surface area contributed by atoms with Gasteiger partial charge in [-0.25, -0.2) is 5.01 Å². The number of piperidine rings is 1. The molecule has 3 heterocycles. The maximum atomic E-state index is 5.92. The van der Waals surface area contributed by atoms with Crippen LogP contribution in [0.25, 0.3) is 0 Å². The molecule has 0 amide bonds. The van der Waals surface area contributed by atoms with Crippen molar-refractivity contribution in [2.24, 2.45) is 5.92 Å². The lowest BCUT2D eigenvalue weighted by Gasteiger charge is -2.43. The molecular weight excluding hydrogens is 354 g/mol. The van der Waals surface area contributed by atoms with Crippen LogP contribution in [0.1, 0.15) is 39.0 Å². The SMILES string of the molecule is CNC1CC(C)NC(NC2CCC(OC)C(N3CC4CN(C)CCC4N3)C2)N1. The largest absolute Gasteiger partial charge is 0.380 e. The molecule has 4 aliphatic rings. The van der Waals surface area contributed by atoms with E-state index in [4.69, 9.17) is 4.74 Å². The van der Waals surface area contributed by atoms with Crippen LogP contribution in [0.15, 0.2) is 0 Å². The van der Waals surface area contributed by atoms with E-state index in [0.29, 0.717) is 36.4 Å². The number of hydrogen-bond acceptors (Lipinski definition) is 8. The predicted octanol–water partition coefficient (Wildman–Crippen LogP) is -0.547. The van der Waals surface area contributed by atoms with Gasteiger partial charge in [-0.2, -0.15) is 0 Å². The Morgan fingerprint density at radius 3 is 2.71 bits per heavy atom. The second-order valence-corrected chi connectivity index (χ2v) is 9.46. The van der Waals surface area contributed by atoms with Crippen molar-refractivity contribution in [2.45, 2.75) is 81.8 Å². The Bertz CT molecular complexity index is 509. The van der Waals surface area contributed by atoms with Crippen molar-refractivity contribution in [2.75, 3.05) is 40.8 Å². The van der Waals surface area contributed by atoms with E-state index in [-0.39, 0.29) is 6.29 Å². The number of nitrogens with zero attached hydrogens (tertiary/aromatic N) is 2. The van der Waals surface area contributed by atoms with Crippen LogP contribution in [-0.4, -0.2) is 93.5 Å². The number of hydrogen-bond donors (Lipinski definition) is 5. The Morgan fingerprint density at radius 2 is 1.93 bits per heavy atom. The highest BCUT2D eigenvalue weighted by Crippen LogP contribution is 2.31. The first kappa shape index (κ1) is 20.9. The molecule has 4 rings (SSSR count). The molecule has 3 aliphatic heterocycles. The second-order valence-electron chi connectivity index (χ2n) is 9.46. The van der Waals surface area contributed by atoms with E-state index in [0.717, 1.165) is 38.1 Å². The molecule has 0 aromatic carbocycles. The topological polar surface area (TPSA) is 75.9 Å². The van der Waals surface area contributed by atoms with Crippen LogP contribution in [0, 0.1) is 5.92 Å². The fourth-order valence-corrected chi connectivity index (χ4v) is 5.75. The number of fused-ring (bicyclic) bond motifs is 1. The van der Waals surface area contributed by atoms with E-state index in [1.165, 1.54) is 19.5 Å². The molecule has 8 nitrogen and oxygen atoms in total. The van der Waals surface area contributed by atoms with Gasteiger partial charge in [-0.05, 0) is 59.7 Å². The Morgan fingerprint density at radius 1 is 1.07 bits per heavy atom. The lowest BCUT2D eigenvalue weighted by Crippen LogP contribution is -2.68. The number of rotatable bonds is 5. The molecular formula is C20H41N7O. The molecule has 5 N–H and O–H groups in total. The van der Waals surface area contributed by atoms with Crippen LogP contribution in [-0.2, 0) is 4.74 Å². The number of methoxy groups -OCH3 is 1. The van der Waals surface area contributed by atoms with Gasteiger partial charge in [0.25, 0.3) is 0 Å². The number of hydrazine groups is 1. The zero-order valence-electron chi connectivity index (χ0n) is 18.1. The summed E-state index contributed by atoms with van der Waals surface area (Å²) in [7, 11) is 6.16. The third-order valence-electron chi connectivity index (χ3n) is 7.32. The van der Waals surface area contributed by atoms with Gasteiger partial charge in [0, 0.05) is 44.2 Å². The zero-order chi connectivity index (χ0) is 19.7. The van der Waals surface area contributed by atoms with Crippen molar-refractivity contribution in [3.63, 3.8) is 0 Å². The van der Waals surface area contributed by atoms with E-state index < -0.39 is 0 Å². The normalized spacial score (nSPS) is 45.9. The van der Waals surface area contributed by atoms with E-state index in [9.17, 15) is 0 Å². The van der Waals surface area contributed by atoms with Gasteiger partial charge >= 0.3 is 0 Å². The molecule has 4 fully saturated rings. The minimum Gasteiger partial charge on any atom is -0.380 e. The van der Waals surface area contributed by atoms with Gasteiger partial charge in [-0.3, -0.25) is 21.4 Å². The summed E-state index contributed by atoms with van der Waals surface area (Å²) in [5.74, 6) is 0.739. The predicted molar refractivity (Wildman–Crippen MR) is 112 cm³/mol. The van der Waals surface area contributed by atoms with Gasteiger partial charge in [0.15, 0.2) is 0 Å². The highest BCUT2D eigenvalue weighted by molar-refractivity contribution is 4.97. The van der Waals surface area contributed by atoms with Gasteiger partial charge in [-0.1, -0.05) is 0 Å². The summed E-state index contributed by atoms with van der Waals surface area (Å²) in [6.07, 6.45) is 6.60. The number of likely N-dealkylation sites (tertiary alicyclic amines) is 1. The maximum absolute atomic E-state index is 5.92.